The fourth-order valence-electron chi connectivity index (χ4n) is 2.75. The molecule has 0 aliphatic carbocycles. The molecule has 4 rings (SSSR count). The van der Waals surface area contributed by atoms with E-state index in [4.69, 9.17) is 0 Å². The van der Waals surface area contributed by atoms with E-state index in [-0.39, 0.29) is 41.1 Å². The first-order valence-corrected chi connectivity index (χ1v) is 8.30. The van der Waals surface area contributed by atoms with Crippen LogP contribution >= 0.6 is 0 Å². The number of benzene rings is 2. The van der Waals surface area contributed by atoms with E-state index in [0.29, 0.717) is 0 Å². The third kappa shape index (κ3) is 7.27. The average molecular weight is 432 g/mol. The van der Waals surface area contributed by atoms with Gasteiger partial charge in [0.1, 0.15) is 0 Å². The SMILES string of the molecule is C[c-]1ccc(-c2ccccc2)c1.C[c-]1ccc(-c2ccccc2)c1.[CH3-].[CH3-].[Zr+4]. The molecule has 0 amide bonds. The van der Waals surface area contributed by atoms with Gasteiger partial charge >= 0.3 is 26.2 Å². The van der Waals surface area contributed by atoms with E-state index in [1.807, 2.05) is 12.1 Å². The second-order valence-electron chi connectivity index (χ2n) is 6.09. The topological polar surface area (TPSA) is 0 Å². The average Bonchev–Trinajstić information content (AvgIpc) is 3.26. The summed E-state index contributed by atoms with van der Waals surface area (Å²) in [6.07, 6.45) is 0. The van der Waals surface area contributed by atoms with Crippen molar-refractivity contribution in [3.8, 4) is 22.3 Å². The molecule has 0 fully saturated rings. The second-order valence-corrected chi connectivity index (χ2v) is 6.09. The molecule has 4 aromatic carbocycles. The summed E-state index contributed by atoms with van der Waals surface area (Å²) >= 11 is 0. The number of rotatable bonds is 2. The van der Waals surface area contributed by atoms with Gasteiger partial charge < -0.3 is 14.9 Å². The maximum Gasteiger partial charge on any atom is 4.00 e. The predicted molar refractivity (Wildman–Crippen MR) is 117 cm³/mol. The van der Waals surface area contributed by atoms with Crippen molar-refractivity contribution >= 4 is 0 Å². The molecule has 0 nitrogen and oxygen atoms in total. The van der Waals surface area contributed by atoms with Crippen molar-refractivity contribution in [2.24, 2.45) is 0 Å². The summed E-state index contributed by atoms with van der Waals surface area (Å²) in [5.74, 6) is 0. The van der Waals surface area contributed by atoms with Gasteiger partial charge in [0.2, 0.25) is 0 Å². The molecule has 0 aliphatic rings. The number of hydrogen-bond donors (Lipinski definition) is 0. The van der Waals surface area contributed by atoms with Gasteiger partial charge in [-0.3, -0.25) is 0 Å². The van der Waals surface area contributed by atoms with Crippen molar-refractivity contribution in [2.75, 3.05) is 0 Å². The summed E-state index contributed by atoms with van der Waals surface area (Å²) in [4.78, 5) is 0. The largest absolute Gasteiger partial charge is 4.00 e. The molecule has 27 heavy (non-hydrogen) atoms. The molecular weight excluding hydrogens is 404 g/mol. The first-order chi connectivity index (χ1) is 11.7. The Labute approximate surface area is 184 Å². The zero-order valence-electron chi connectivity index (χ0n) is 16.7. The van der Waals surface area contributed by atoms with Gasteiger partial charge in [0.05, 0.1) is 0 Å². The van der Waals surface area contributed by atoms with Crippen LogP contribution in [-0.2, 0) is 26.2 Å². The molecular formula is C26H28Zr. The molecule has 0 atom stereocenters. The van der Waals surface area contributed by atoms with Crippen molar-refractivity contribution in [3.05, 3.63) is 123 Å². The maximum atomic E-state index is 2.20. The van der Waals surface area contributed by atoms with E-state index in [1.165, 1.54) is 33.4 Å². The van der Waals surface area contributed by atoms with Crippen LogP contribution < -0.4 is 0 Å². The van der Waals surface area contributed by atoms with Crippen LogP contribution in [0.3, 0.4) is 0 Å². The van der Waals surface area contributed by atoms with Gasteiger partial charge in [-0.15, -0.1) is 0 Å². The Bertz CT molecular complexity index is 791. The second kappa shape index (κ2) is 12.4. The molecule has 0 spiro atoms. The zero-order chi connectivity index (χ0) is 16.8. The Kier molecular flexibility index (Phi) is 11.5. The Morgan fingerprint density at radius 1 is 0.481 bits per heavy atom. The van der Waals surface area contributed by atoms with Gasteiger partial charge in [-0.25, -0.2) is 12.1 Å². The van der Waals surface area contributed by atoms with E-state index in [9.17, 15) is 0 Å². The van der Waals surface area contributed by atoms with Gasteiger partial charge in [-0.1, -0.05) is 85.6 Å². The van der Waals surface area contributed by atoms with Crippen molar-refractivity contribution in [1.29, 1.82) is 0 Å². The number of aryl methyl sites for hydroxylation is 2. The maximum absolute atomic E-state index is 2.20. The summed E-state index contributed by atoms with van der Waals surface area (Å²) in [5, 5.41) is 0. The first-order valence-electron chi connectivity index (χ1n) is 8.30. The van der Waals surface area contributed by atoms with Crippen LogP contribution in [0.4, 0.5) is 0 Å². The molecule has 1 heteroatoms. The van der Waals surface area contributed by atoms with Gasteiger partial charge in [0.15, 0.2) is 0 Å². The van der Waals surface area contributed by atoms with Crippen molar-refractivity contribution in [2.45, 2.75) is 13.8 Å². The van der Waals surface area contributed by atoms with Crippen LogP contribution in [0.2, 0.25) is 0 Å². The van der Waals surface area contributed by atoms with Gasteiger partial charge in [0, 0.05) is 0 Å². The fraction of sp³-hybridized carbons (Fsp3) is 0.0769. The minimum absolute atomic E-state index is 0. The molecule has 0 saturated carbocycles. The zero-order valence-corrected chi connectivity index (χ0v) is 19.2. The van der Waals surface area contributed by atoms with Crippen LogP contribution in [-0.4, -0.2) is 0 Å². The first kappa shape index (κ1) is 25.0. The van der Waals surface area contributed by atoms with Crippen molar-refractivity contribution in [3.63, 3.8) is 0 Å². The summed E-state index contributed by atoms with van der Waals surface area (Å²) < 4.78 is 0. The van der Waals surface area contributed by atoms with E-state index >= 15 is 0 Å². The predicted octanol–water partition coefficient (Wildman–Crippen LogP) is 7.66. The van der Waals surface area contributed by atoms with Gasteiger partial charge in [-0.2, -0.15) is 46.5 Å². The molecule has 0 N–H and O–H groups in total. The van der Waals surface area contributed by atoms with E-state index in [1.54, 1.807) is 0 Å². The molecule has 0 aromatic heterocycles. The summed E-state index contributed by atoms with van der Waals surface area (Å²) in [7, 11) is 0. The van der Waals surface area contributed by atoms with Gasteiger partial charge in [0.25, 0.3) is 0 Å². The van der Waals surface area contributed by atoms with Crippen LogP contribution in [0.25, 0.3) is 22.3 Å². The standard InChI is InChI=1S/2C12H11.2CH3.Zr/c2*1-10-7-8-12(9-10)11-5-3-2-4-6-11;;;/h2*2-9H,1H3;2*1H3;/q4*-1;+4. The normalized spacial score (nSPS) is 8.96. The minimum atomic E-state index is 0. The van der Waals surface area contributed by atoms with Crippen LogP contribution in [0.5, 0.6) is 0 Å². The third-order valence-electron chi connectivity index (χ3n) is 4.03. The summed E-state index contributed by atoms with van der Waals surface area (Å²) in [6.45, 7) is 4.24. The monoisotopic (exact) mass is 430 g/mol. The molecule has 0 aliphatic heterocycles. The molecule has 4 aromatic rings. The quantitative estimate of drug-likeness (QED) is 0.286. The third-order valence-corrected chi connectivity index (χ3v) is 4.03. The molecule has 0 saturated heterocycles. The van der Waals surface area contributed by atoms with Gasteiger partial charge in [-0.05, 0) is 0 Å². The Balaban J connectivity index is 0.000000451. The van der Waals surface area contributed by atoms with E-state index in [0.717, 1.165) is 0 Å². The Morgan fingerprint density at radius 2 is 0.815 bits per heavy atom. The van der Waals surface area contributed by atoms with E-state index < -0.39 is 0 Å². The van der Waals surface area contributed by atoms with Crippen LogP contribution in [0.1, 0.15) is 11.1 Å². The molecule has 0 bridgehead atoms. The fourth-order valence-corrected chi connectivity index (χ4v) is 2.75. The van der Waals surface area contributed by atoms with Crippen LogP contribution in [0, 0.1) is 28.7 Å². The molecule has 136 valence electrons. The Morgan fingerprint density at radius 3 is 1.07 bits per heavy atom. The summed E-state index contributed by atoms with van der Waals surface area (Å²) in [6, 6.07) is 33.9. The van der Waals surface area contributed by atoms with E-state index in [2.05, 4.69) is 98.8 Å². The molecule has 0 unspecified atom stereocenters. The molecule has 0 radical (unpaired) electrons. The van der Waals surface area contributed by atoms with Crippen molar-refractivity contribution in [1.82, 2.24) is 0 Å². The van der Waals surface area contributed by atoms with Crippen molar-refractivity contribution < 1.29 is 26.2 Å². The smallest absolute Gasteiger partial charge is 0.358 e. The minimum Gasteiger partial charge on any atom is -0.358 e. The van der Waals surface area contributed by atoms with Crippen LogP contribution in [0.15, 0.2) is 97.1 Å². The summed E-state index contributed by atoms with van der Waals surface area (Å²) in [5.41, 5.74) is 7.88. The molecule has 0 heterocycles. The Hall–Kier alpha value is -1.98. The number of hydrogen-bond acceptors (Lipinski definition) is 0.